The average Bonchev–Trinajstić information content (AvgIpc) is 1.18. The Morgan fingerprint density at radius 2 is 1.38 bits per heavy atom. The van der Waals surface area contributed by atoms with Gasteiger partial charge in [0.05, 0.1) is 11.7 Å². The zero-order valence-electron chi connectivity index (χ0n) is 48.2. The van der Waals surface area contributed by atoms with Crippen LogP contribution in [0.4, 0.5) is 0 Å². The molecule has 2 aliphatic heterocycles. The van der Waals surface area contributed by atoms with Crippen molar-refractivity contribution >= 4 is 77.9 Å². The van der Waals surface area contributed by atoms with Crippen LogP contribution in [0.15, 0.2) is 88.1 Å². The fraction of sp³-hybridized carbons (Fsp3) is 0.397. The molecule has 0 saturated carbocycles. The van der Waals surface area contributed by atoms with Crippen molar-refractivity contribution in [1.29, 1.82) is 0 Å². The van der Waals surface area contributed by atoms with Crippen molar-refractivity contribution in [2.75, 3.05) is 6.54 Å². The van der Waals surface area contributed by atoms with Gasteiger partial charge in [-0.25, -0.2) is 9.36 Å². The number of fused-ring (bicyclic) bond motifs is 2. The number of phenols is 1. The first kappa shape index (κ1) is 66.9. The molecule has 29 heteroatoms. The monoisotopic (exact) mass is 1230 g/mol. The number of aliphatic hydroxyl groups is 1. The smallest absolute Gasteiger partial charge is 0.508 e. The quantitative estimate of drug-likeness (QED) is 0.0258. The number of aromatic hydroxyl groups is 1. The molecule has 0 spiro atoms. The number of rotatable bonds is 27. The number of aliphatic hydroxyl groups excluding tert-OH is 1. The Morgan fingerprint density at radius 3 is 1.99 bits per heavy atom. The van der Waals surface area contributed by atoms with E-state index in [1.54, 1.807) is 27.7 Å². The number of phenolic OH excluding ortho intramolecular Hbond substituents is 1. The molecule has 2 heterocycles. The van der Waals surface area contributed by atoms with Crippen LogP contribution in [0.1, 0.15) is 99.9 Å². The second-order valence-electron chi connectivity index (χ2n) is 21.9. The number of hydrogen-bond acceptors (Lipinski definition) is 16. The number of phosphoric acid groups is 1. The molecule has 3 aromatic carbocycles. The molecule has 0 radical (unpaired) electrons. The number of aromatic carboxylic acids is 1. The Morgan fingerprint density at radius 1 is 0.736 bits per heavy atom. The van der Waals surface area contributed by atoms with Gasteiger partial charge in [-0.2, -0.15) is 0 Å². The number of likely N-dealkylation sites (tertiary alicyclic amines) is 1. The lowest BCUT2D eigenvalue weighted by Crippen LogP contribution is -2.61. The molecule has 15 N–H and O–H groups in total. The number of primary amides is 2. The fourth-order valence-electron chi connectivity index (χ4n) is 9.90. The SMILES string of the molecule is CC(C)C[C@H](NC(=O)[C@H](Cc1ccc(OP(=O)(O)O)cc1)NC(=O)[C@H](C)NC(=O)c1ccc(-c2c3ccc(=O)cc-3oc3cc(O)ccc23)c(C(=O)O)c1)C(=O)N1CCC[C@H]1C(=O)N[C@@H](CCC(N)=O)C(=O)N[C@H](C(=O)N[C@H](C(N)=O)C(C)C)C(C)O. The number of carbonyl (C=O) groups excluding carboxylic acids is 9. The standard InChI is InChI=1S/C58H70N9O19P/c1-27(2)22-42(57(79)67-21-7-8-43(67)55(77)62-40(19-20-46(59)71)53(75)66-49(30(6)68)56(78)65-48(28(3)4)50(60)72)64-54(76)41(23-31-9-14-35(15-10-31)86-87(82,83)84)63-51(73)29(5)61-52(74)32-11-16-36(39(24-32)58(80)81)47-37-17-12-33(69)25-44(37)85-45-26-34(70)13-18-38(45)47/h9-18,24-30,40-43,48-49,68-69H,7-8,19-23H2,1-6H3,(H2,59,71)(H2,60,72)(H,61,74)(H,62,77)(H,63,73)(H,64,76)(H,65,78)(H,66,75)(H,80,81)(H2,82,83,84)/t29-,30?,40-,41-,42-,43-,48-,49-/m0/s1. The Kier molecular flexibility index (Phi) is 22.1. The Hall–Kier alpha value is -9.24. The summed E-state index contributed by atoms with van der Waals surface area (Å²) in [5, 5.41) is 46.7. The predicted molar refractivity (Wildman–Crippen MR) is 311 cm³/mol. The molecule has 28 nitrogen and oxygen atoms in total. The summed E-state index contributed by atoms with van der Waals surface area (Å²) in [7, 11) is -4.99. The van der Waals surface area contributed by atoms with Crippen molar-refractivity contribution in [3.8, 4) is 33.9 Å². The third-order valence-electron chi connectivity index (χ3n) is 14.2. The summed E-state index contributed by atoms with van der Waals surface area (Å²) in [6, 6.07) is 6.81. The summed E-state index contributed by atoms with van der Waals surface area (Å²) < 4.78 is 22.1. The molecule has 6 rings (SSSR count). The van der Waals surface area contributed by atoms with Gasteiger partial charge in [0.25, 0.3) is 5.91 Å². The molecule has 87 heavy (non-hydrogen) atoms. The van der Waals surface area contributed by atoms with Crippen molar-refractivity contribution in [3.05, 3.63) is 106 Å². The highest BCUT2D eigenvalue weighted by atomic mass is 31.2. The summed E-state index contributed by atoms with van der Waals surface area (Å²) in [5.41, 5.74) is 11.0. The maximum atomic E-state index is 14.7. The first-order chi connectivity index (χ1) is 40.8. The lowest BCUT2D eigenvalue weighted by atomic mass is 9.90. The number of carbonyl (C=O) groups is 10. The third-order valence-corrected chi connectivity index (χ3v) is 14.7. The number of carboxylic acid groups (broad SMARTS) is 1. The van der Waals surface area contributed by atoms with Gasteiger partial charge < -0.3 is 72.5 Å². The van der Waals surface area contributed by atoms with Crippen LogP contribution in [-0.2, 0) is 49.3 Å². The van der Waals surface area contributed by atoms with Gasteiger partial charge in [-0.15, -0.1) is 0 Å². The average molecular weight is 1230 g/mol. The summed E-state index contributed by atoms with van der Waals surface area (Å²) in [4.78, 5) is 168. The molecular weight excluding hydrogens is 1160 g/mol. The number of nitrogens with one attached hydrogen (secondary N) is 6. The molecule has 466 valence electrons. The minimum absolute atomic E-state index is 0.0111. The zero-order valence-corrected chi connectivity index (χ0v) is 49.1. The normalized spacial score (nSPS) is 15.7. The minimum Gasteiger partial charge on any atom is -0.508 e. The molecule has 1 aliphatic carbocycles. The van der Waals surface area contributed by atoms with E-state index in [1.165, 1.54) is 91.5 Å². The number of carboxylic acids is 1. The van der Waals surface area contributed by atoms with E-state index in [9.17, 15) is 82.4 Å². The van der Waals surface area contributed by atoms with Gasteiger partial charge in [0, 0.05) is 53.6 Å². The third kappa shape index (κ3) is 17.7. The summed E-state index contributed by atoms with van der Waals surface area (Å²) in [6.45, 7) is 9.14. The second kappa shape index (κ2) is 28.8. The van der Waals surface area contributed by atoms with Gasteiger partial charge in [0.1, 0.15) is 65.1 Å². The van der Waals surface area contributed by atoms with E-state index in [0.29, 0.717) is 22.1 Å². The number of hydrogen-bond donors (Lipinski definition) is 13. The van der Waals surface area contributed by atoms with Crippen molar-refractivity contribution in [1.82, 2.24) is 36.8 Å². The van der Waals surface area contributed by atoms with E-state index in [0.717, 1.165) is 6.07 Å². The van der Waals surface area contributed by atoms with Crippen LogP contribution in [0, 0.1) is 11.8 Å². The van der Waals surface area contributed by atoms with Crippen LogP contribution in [0.25, 0.3) is 33.4 Å². The van der Waals surface area contributed by atoms with Crippen LogP contribution in [0.5, 0.6) is 11.5 Å². The van der Waals surface area contributed by atoms with Crippen LogP contribution in [0.2, 0.25) is 0 Å². The van der Waals surface area contributed by atoms with Crippen LogP contribution >= 0.6 is 7.82 Å². The van der Waals surface area contributed by atoms with Gasteiger partial charge in [-0.05, 0) is 111 Å². The molecule has 1 saturated heterocycles. The van der Waals surface area contributed by atoms with Crippen molar-refractivity contribution < 1.29 is 86.6 Å². The fourth-order valence-corrected chi connectivity index (χ4v) is 10.3. The summed E-state index contributed by atoms with van der Waals surface area (Å²) >= 11 is 0. The largest absolute Gasteiger partial charge is 0.524 e. The van der Waals surface area contributed by atoms with Crippen LogP contribution < -0.4 is 53.3 Å². The number of phosphoric ester groups is 1. The molecule has 8 atom stereocenters. The minimum atomic E-state index is -4.99. The Balaban J connectivity index is 1.23. The van der Waals surface area contributed by atoms with Gasteiger partial charge in [0.15, 0.2) is 5.43 Å². The lowest BCUT2D eigenvalue weighted by Gasteiger charge is -2.32. The molecular formula is C58H70N9O19P. The molecule has 1 unspecified atom stereocenters. The van der Waals surface area contributed by atoms with Crippen LogP contribution in [0.3, 0.4) is 0 Å². The topological polar surface area (TPSA) is 456 Å². The van der Waals surface area contributed by atoms with E-state index in [4.69, 9.17) is 15.9 Å². The summed E-state index contributed by atoms with van der Waals surface area (Å²) in [5.74, 6) is -10.7. The van der Waals surface area contributed by atoms with Gasteiger partial charge in [0.2, 0.25) is 47.3 Å². The van der Waals surface area contributed by atoms with E-state index in [-0.39, 0.29) is 84.1 Å². The molecule has 9 amide bonds. The molecule has 0 aromatic heterocycles. The van der Waals surface area contributed by atoms with Crippen LogP contribution in [-0.4, -0.2) is 144 Å². The molecule has 3 aromatic rings. The zero-order chi connectivity index (χ0) is 64.4. The van der Waals surface area contributed by atoms with Crippen molar-refractivity contribution in [2.45, 2.75) is 128 Å². The van der Waals surface area contributed by atoms with Crippen molar-refractivity contribution in [2.24, 2.45) is 23.3 Å². The highest BCUT2D eigenvalue weighted by Gasteiger charge is 2.41. The Bertz CT molecular complexity index is 3530. The molecule has 1 fully saturated rings. The maximum absolute atomic E-state index is 14.7. The van der Waals surface area contributed by atoms with E-state index >= 15 is 0 Å². The van der Waals surface area contributed by atoms with Gasteiger partial charge in [-0.3, -0.25) is 57.7 Å². The first-order valence-electron chi connectivity index (χ1n) is 27.6. The highest BCUT2D eigenvalue weighted by molar-refractivity contribution is 7.46. The second-order valence-corrected chi connectivity index (χ2v) is 23.0. The number of nitrogens with zero attached hydrogens (tertiary/aromatic N) is 1. The van der Waals surface area contributed by atoms with E-state index in [1.807, 2.05) is 0 Å². The Labute approximate surface area is 497 Å². The molecule has 0 bridgehead atoms. The van der Waals surface area contributed by atoms with E-state index in [2.05, 4.69) is 36.4 Å². The van der Waals surface area contributed by atoms with Gasteiger partial charge in [-0.1, -0.05) is 45.9 Å². The summed E-state index contributed by atoms with van der Waals surface area (Å²) in [6.07, 6.45) is -2.40. The number of nitrogens with two attached hydrogens (primary N) is 2. The number of benzene rings is 4. The van der Waals surface area contributed by atoms with E-state index < -0.39 is 133 Å². The lowest BCUT2D eigenvalue weighted by molar-refractivity contribution is -0.143. The number of amides is 9. The predicted octanol–water partition coefficient (Wildman–Crippen LogP) is 1.05. The molecule has 3 aliphatic rings. The van der Waals surface area contributed by atoms with Crippen molar-refractivity contribution in [3.63, 3.8) is 0 Å². The van der Waals surface area contributed by atoms with Gasteiger partial charge >= 0.3 is 13.8 Å². The first-order valence-corrected chi connectivity index (χ1v) is 29.2. The maximum Gasteiger partial charge on any atom is 0.524 e. The highest BCUT2D eigenvalue weighted by Crippen LogP contribution is 2.42.